The second-order valence-electron chi connectivity index (χ2n) is 8.37. The van der Waals surface area contributed by atoms with Crippen LogP contribution in [0.25, 0.3) is 0 Å². The van der Waals surface area contributed by atoms with E-state index in [2.05, 4.69) is 37.3 Å². The fourth-order valence-electron chi connectivity index (χ4n) is 3.37. The number of hydrogen-bond donors (Lipinski definition) is 1. The van der Waals surface area contributed by atoms with Crippen molar-refractivity contribution in [2.75, 3.05) is 18.8 Å². The van der Waals surface area contributed by atoms with Crippen molar-refractivity contribution in [3.8, 4) is 0 Å². The number of nitrogens with one attached hydrogen (secondary N) is 1. The van der Waals surface area contributed by atoms with E-state index >= 15 is 0 Å². The lowest BCUT2D eigenvalue weighted by molar-refractivity contribution is 0.0558. The summed E-state index contributed by atoms with van der Waals surface area (Å²) in [7, 11) is -2.90. The monoisotopic (exact) mass is 536 g/mol. The molecule has 2 heterocycles. The third-order valence-electron chi connectivity index (χ3n) is 4.59. The first-order valence-electron chi connectivity index (χ1n) is 9.46. The summed E-state index contributed by atoms with van der Waals surface area (Å²) in [6.07, 6.45) is 0.861. The van der Waals surface area contributed by atoms with Gasteiger partial charge >= 0.3 is 6.09 Å². The molecule has 0 saturated heterocycles. The quantitative estimate of drug-likeness (QED) is 0.551. The minimum atomic E-state index is -2.90. The molecule has 2 aliphatic rings. The molecule has 2 aliphatic heterocycles. The van der Waals surface area contributed by atoms with E-state index < -0.39 is 33.0 Å². The SMILES string of the molecule is CC(C)(C)OC(=O)NC1=N[C@](C)(c2cc(I)ccc2F)C[S@]2(=O)=NCCCCN12. The molecule has 2 atom stereocenters. The summed E-state index contributed by atoms with van der Waals surface area (Å²) in [4.78, 5) is 17.1. The first-order chi connectivity index (χ1) is 13.4. The highest BCUT2D eigenvalue weighted by atomic mass is 127. The van der Waals surface area contributed by atoms with E-state index in [-0.39, 0.29) is 11.7 Å². The van der Waals surface area contributed by atoms with E-state index in [9.17, 15) is 13.4 Å². The molecule has 29 heavy (non-hydrogen) atoms. The number of ether oxygens (including phenoxy) is 1. The molecule has 0 bridgehead atoms. The number of aliphatic imine (C=N–C) groups is 1. The molecule has 160 valence electrons. The van der Waals surface area contributed by atoms with Crippen molar-refractivity contribution in [3.63, 3.8) is 0 Å². The minimum absolute atomic E-state index is 0.0521. The smallest absolute Gasteiger partial charge is 0.414 e. The molecule has 0 radical (unpaired) electrons. The van der Waals surface area contributed by atoms with Gasteiger partial charge in [0.15, 0.2) is 0 Å². The molecule has 1 aromatic rings. The third kappa shape index (κ3) is 5.01. The van der Waals surface area contributed by atoms with Gasteiger partial charge in [-0.1, -0.05) is 0 Å². The second-order valence-corrected chi connectivity index (χ2v) is 11.8. The van der Waals surface area contributed by atoms with Gasteiger partial charge in [-0.25, -0.2) is 22.7 Å². The first kappa shape index (κ1) is 22.3. The molecule has 0 saturated carbocycles. The zero-order valence-corrected chi connectivity index (χ0v) is 20.0. The van der Waals surface area contributed by atoms with Gasteiger partial charge in [-0.3, -0.25) is 9.62 Å². The van der Waals surface area contributed by atoms with Gasteiger partial charge in [0.05, 0.1) is 12.3 Å². The Hall–Kier alpha value is -1.43. The summed E-state index contributed by atoms with van der Waals surface area (Å²) < 4.78 is 40.7. The van der Waals surface area contributed by atoms with Gasteiger partial charge in [-0.05, 0) is 81.3 Å². The summed E-state index contributed by atoms with van der Waals surface area (Å²) in [5, 5.41) is 2.64. The van der Waals surface area contributed by atoms with Gasteiger partial charge in [0.25, 0.3) is 0 Å². The van der Waals surface area contributed by atoms with Crippen molar-refractivity contribution in [2.45, 2.75) is 51.7 Å². The standard InChI is InChI=1S/C19H26FIN4O3S/c1-18(2,3)28-17(26)23-16-24-19(4,14-11-13(21)7-8-15(14)20)12-29(27)22-9-5-6-10-25(16)29/h7-8,11H,5-6,9-10,12H2,1-4H3,(H,23,24,26)/t19-,29-/m0/s1. The van der Waals surface area contributed by atoms with Crippen LogP contribution in [0.3, 0.4) is 0 Å². The predicted octanol–water partition coefficient (Wildman–Crippen LogP) is 4.02. The molecule has 0 aliphatic carbocycles. The highest BCUT2D eigenvalue weighted by Crippen LogP contribution is 2.36. The number of guanidine groups is 1. The molecule has 1 aromatic carbocycles. The molecular formula is C19H26FIN4O3S. The highest BCUT2D eigenvalue weighted by molar-refractivity contribution is 14.1. The zero-order chi connectivity index (χ0) is 21.4. The van der Waals surface area contributed by atoms with Crippen molar-refractivity contribution < 1.29 is 18.1 Å². The number of benzene rings is 1. The molecular weight excluding hydrogens is 510 g/mol. The molecule has 10 heteroatoms. The number of carbonyl (C=O) groups is 1. The Morgan fingerprint density at radius 2 is 2.10 bits per heavy atom. The molecule has 0 aromatic heterocycles. The Bertz CT molecular complexity index is 969. The average Bonchev–Trinajstić information content (AvgIpc) is 2.76. The number of amides is 1. The molecule has 7 nitrogen and oxygen atoms in total. The van der Waals surface area contributed by atoms with Gasteiger partial charge in [0.1, 0.15) is 26.9 Å². The largest absolute Gasteiger partial charge is 0.444 e. The van der Waals surface area contributed by atoms with Crippen LogP contribution in [-0.4, -0.2) is 45.0 Å². The van der Waals surface area contributed by atoms with Crippen molar-refractivity contribution in [2.24, 2.45) is 9.36 Å². The van der Waals surface area contributed by atoms with Crippen LogP contribution in [-0.2, 0) is 20.2 Å². The highest BCUT2D eigenvalue weighted by Gasteiger charge is 2.43. The third-order valence-corrected chi connectivity index (χ3v) is 7.83. The van der Waals surface area contributed by atoms with E-state index in [0.717, 1.165) is 16.4 Å². The Balaban J connectivity index is 2.10. The summed E-state index contributed by atoms with van der Waals surface area (Å²) in [6, 6.07) is 4.74. The van der Waals surface area contributed by atoms with Crippen LogP contribution in [0.5, 0.6) is 0 Å². The van der Waals surface area contributed by atoms with Crippen LogP contribution < -0.4 is 5.32 Å². The maximum absolute atomic E-state index is 14.7. The lowest BCUT2D eigenvalue weighted by atomic mass is 9.94. The Morgan fingerprint density at radius 3 is 2.79 bits per heavy atom. The number of rotatable bonds is 1. The minimum Gasteiger partial charge on any atom is -0.444 e. The molecule has 1 N–H and O–H groups in total. The fourth-order valence-corrected chi connectivity index (χ4v) is 6.39. The van der Waals surface area contributed by atoms with Crippen LogP contribution in [0.15, 0.2) is 27.6 Å². The molecule has 3 rings (SSSR count). The van der Waals surface area contributed by atoms with Gasteiger partial charge in [0, 0.05) is 15.7 Å². The number of fused-ring (bicyclic) bond motifs is 1. The Morgan fingerprint density at radius 1 is 1.38 bits per heavy atom. The molecule has 0 spiro atoms. The maximum Gasteiger partial charge on any atom is 0.414 e. The van der Waals surface area contributed by atoms with Crippen LogP contribution in [0.4, 0.5) is 9.18 Å². The summed E-state index contributed by atoms with van der Waals surface area (Å²) in [5.41, 5.74) is -1.51. The summed E-state index contributed by atoms with van der Waals surface area (Å²) >= 11 is 2.10. The topological polar surface area (TPSA) is 83.4 Å². The van der Waals surface area contributed by atoms with Crippen LogP contribution >= 0.6 is 22.6 Å². The van der Waals surface area contributed by atoms with E-state index in [1.54, 1.807) is 44.1 Å². The number of carbonyl (C=O) groups excluding carboxylic acids is 1. The van der Waals surface area contributed by atoms with E-state index in [0.29, 0.717) is 18.7 Å². The number of halogens is 2. The van der Waals surface area contributed by atoms with E-state index in [1.807, 2.05) is 0 Å². The van der Waals surface area contributed by atoms with Gasteiger partial charge in [0.2, 0.25) is 5.96 Å². The van der Waals surface area contributed by atoms with Crippen molar-refractivity contribution >= 4 is 44.6 Å². The van der Waals surface area contributed by atoms with Crippen molar-refractivity contribution in [3.05, 3.63) is 33.1 Å². The van der Waals surface area contributed by atoms with Gasteiger partial charge < -0.3 is 4.74 Å². The number of hydrogen-bond acceptors (Lipinski definition) is 5. The second kappa shape index (κ2) is 8.01. The van der Waals surface area contributed by atoms with Crippen molar-refractivity contribution in [1.82, 2.24) is 9.62 Å². The Kier molecular flexibility index (Phi) is 6.15. The molecule has 0 fully saturated rings. The van der Waals surface area contributed by atoms with Crippen LogP contribution in [0, 0.1) is 9.39 Å². The summed E-state index contributed by atoms with van der Waals surface area (Å²) in [6.45, 7) is 7.89. The molecule has 1 amide bonds. The molecule has 0 unspecified atom stereocenters. The normalized spacial score (nSPS) is 27.2. The lowest BCUT2D eigenvalue weighted by Gasteiger charge is -2.39. The van der Waals surface area contributed by atoms with E-state index in [4.69, 9.17) is 4.74 Å². The summed E-state index contributed by atoms with van der Waals surface area (Å²) in [5.74, 6) is -0.267. The lowest BCUT2D eigenvalue weighted by Crippen LogP contribution is -2.55. The van der Waals surface area contributed by atoms with Gasteiger partial charge in [-0.2, -0.15) is 0 Å². The Labute approximate surface area is 184 Å². The number of nitrogens with zero attached hydrogens (tertiary/aromatic N) is 3. The van der Waals surface area contributed by atoms with Crippen LogP contribution in [0.1, 0.15) is 46.1 Å². The van der Waals surface area contributed by atoms with Crippen molar-refractivity contribution in [1.29, 1.82) is 0 Å². The predicted molar refractivity (Wildman–Crippen MR) is 120 cm³/mol. The van der Waals surface area contributed by atoms with Gasteiger partial charge in [-0.15, -0.1) is 0 Å². The average molecular weight is 536 g/mol. The van der Waals surface area contributed by atoms with E-state index in [1.165, 1.54) is 6.07 Å². The maximum atomic E-state index is 14.7. The number of alkyl carbamates (subject to hydrolysis) is 1. The first-order valence-corrected chi connectivity index (χ1v) is 12.2. The van der Waals surface area contributed by atoms with Crippen LogP contribution in [0.2, 0.25) is 0 Å². The zero-order valence-electron chi connectivity index (χ0n) is 17.0. The fraction of sp³-hybridized carbons (Fsp3) is 0.579.